The molecule has 7 heteroatoms. The maximum atomic E-state index is 12.3. The van der Waals surface area contributed by atoms with Crippen LogP contribution in [0.4, 0.5) is 0 Å². The summed E-state index contributed by atoms with van der Waals surface area (Å²) in [6.07, 6.45) is 3.85. The summed E-state index contributed by atoms with van der Waals surface area (Å²) in [4.78, 5) is 14.6. The molecule has 0 bridgehead atoms. The van der Waals surface area contributed by atoms with Crippen molar-refractivity contribution in [1.29, 1.82) is 0 Å². The van der Waals surface area contributed by atoms with E-state index < -0.39 is 6.10 Å². The van der Waals surface area contributed by atoms with E-state index in [0.29, 0.717) is 5.69 Å². The van der Waals surface area contributed by atoms with Crippen LogP contribution >= 0.6 is 0 Å². The van der Waals surface area contributed by atoms with Crippen LogP contribution in [0.2, 0.25) is 0 Å². The number of ether oxygens (including phenoxy) is 1. The van der Waals surface area contributed by atoms with Gasteiger partial charge in [-0.1, -0.05) is 0 Å². The van der Waals surface area contributed by atoms with Crippen molar-refractivity contribution in [2.24, 2.45) is 7.05 Å². The SMILES string of the molecule is Cn1nccc1C(=O)N[C@@H]1CCC[C@@H](N2CCOCC2)[C@@H]1O. The number of aryl methyl sites for hydroxylation is 1. The van der Waals surface area contributed by atoms with Gasteiger partial charge in [-0.3, -0.25) is 14.4 Å². The Kier molecular flexibility index (Phi) is 4.75. The van der Waals surface area contributed by atoms with E-state index in [9.17, 15) is 9.90 Å². The van der Waals surface area contributed by atoms with Gasteiger partial charge in [0.1, 0.15) is 5.69 Å². The standard InChI is InChI=1S/C15H24N4O3/c1-18-13(5-6-16-18)15(21)17-11-3-2-4-12(14(11)20)19-7-9-22-10-8-19/h5-6,11-12,14,20H,2-4,7-10H2,1H3,(H,17,21)/t11-,12-,14-/m1/s1. The number of hydrogen-bond donors (Lipinski definition) is 2. The Morgan fingerprint density at radius 2 is 2.18 bits per heavy atom. The van der Waals surface area contributed by atoms with Gasteiger partial charge in [0.15, 0.2) is 0 Å². The first-order chi connectivity index (χ1) is 10.7. The monoisotopic (exact) mass is 308 g/mol. The van der Waals surface area contributed by atoms with E-state index in [1.54, 1.807) is 24.0 Å². The molecule has 22 heavy (non-hydrogen) atoms. The lowest BCUT2D eigenvalue weighted by Gasteiger charge is -2.42. The summed E-state index contributed by atoms with van der Waals surface area (Å²) in [6, 6.07) is 1.59. The zero-order valence-corrected chi connectivity index (χ0v) is 12.9. The third-order valence-corrected chi connectivity index (χ3v) is 4.71. The Bertz CT molecular complexity index is 513. The van der Waals surface area contributed by atoms with Crippen LogP contribution in [-0.2, 0) is 11.8 Å². The molecule has 1 saturated heterocycles. The summed E-state index contributed by atoms with van der Waals surface area (Å²) in [5.41, 5.74) is 0.515. The molecule has 1 aromatic rings. The molecule has 0 aromatic carbocycles. The minimum absolute atomic E-state index is 0.106. The molecular formula is C15H24N4O3. The van der Waals surface area contributed by atoms with Gasteiger partial charge in [0.25, 0.3) is 5.91 Å². The molecule has 2 fully saturated rings. The summed E-state index contributed by atoms with van der Waals surface area (Å²) in [6.45, 7) is 3.14. The normalized spacial score (nSPS) is 30.2. The average molecular weight is 308 g/mol. The number of morpholine rings is 1. The lowest BCUT2D eigenvalue weighted by atomic mass is 9.86. The minimum atomic E-state index is -0.538. The third-order valence-electron chi connectivity index (χ3n) is 4.71. The lowest BCUT2D eigenvalue weighted by Crippen LogP contribution is -2.58. The van der Waals surface area contributed by atoms with E-state index in [2.05, 4.69) is 15.3 Å². The Labute approximate surface area is 130 Å². The number of aromatic nitrogens is 2. The van der Waals surface area contributed by atoms with Crippen molar-refractivity contribution in [3.05, 3.63) is 18.0 Å². The van der Waals surface area contributed by atoms with Gasteiger partial charge in [-0.25, -0.2) is 0 Å². The van der Waals surface area contributed by atoms with E-state index in [4.69, 9.17) is 4.74 Å². The molecule has 2 aliphatic rings. The summed E-state index contributed by atoms with van der Waals surface area (Å²) in [7, 11) is 1.74. The Hall–Kier alpha value is -1.44. The number of carbonyl (C=O) groups is 1. The quantitative estimate of drug-likeness (QED) is 0.806. The van der Waals surface area contributed by atoms with Crippen LogP contribution < -0.4 is 5.32 Å². The fourth-order valence-electron chi connectivity index (χ4n) is 3.46. The number of aliphatic hydroxyl groups is 1. The molecule has 1 amide bonds. The molecule has 1 aromatic heterocycles. The van der Waals surface area contributed by atoms with E-state index in [-0.39, 0.29) is 18.0 Å². The van der Waals surface area contributed by atoms with Gasteiger partial charge >= 0.3 is 0 Å². The molecule has 7 nitrogen and oxygen atoms in total. The largest absolute Gasteiger partial charge is 0.389 e. The van der Waals surface area contributed by atoms with Crippen molar-refractivity contribution in [3.8, 4) is 0 Å². The number of hydrogen-bond acceptors (Lipinski definition) is 5. The lowest BCUT2D eigenvalue weighted by molar-refractivity contribution is -0.0460. The van der Waals surface area contributed by atoms with E-state index in [1.165, 1.54) is 0 Å². The first-order valence-corrected chi connectivity index (χ1v) is 7.95. The molecule has 2 N–H and O–H groups in total. The molecule has 3 atom stereocenters. The molecule has 2 heterocycles. The summed E-state index contributed by atoms with van der Waals surface area (Å²) in [5, 5.41) is 17.7. The van der Waals surface area contributed by atoms with Gasteiger partial charge in [-0.05, 0) is 25.3 Å². The fourth-order valence-corrected chi connectivity index (χ4v) is 3.46. The molecule has 1 aliphatic heterocycles. The van der Waals surface area contributed by atoms with Crippen molar-refractivity contribution in [1.82, 2.24) is 20.0 Å². The van der Waals surface area contributed by atoms with E-state index in [0.717, 1.165) is 45.6 Å². The molecular weight excluding hydrogens is 284 g/mol. The minimum Gasteiger partial charge on any atom is -0.389 e. The Morgan fingerprint density at radius 1 is 1.41 bits per heavy atom. The molecule has 0 spiro atoms. The topological polar surface area (TPSA) is 79.6 Å². The first kappa shape index (κ1) is 15.5. The van der Waals surface area contributed by atoms with Crippen LogP contribution in [-0.4, -0.2) is 70.2 Å². The van der Waals surface area contributed by atoms with Crippen LogP contribution in [0, 0.1) is 0 Å². The van der Waals surface area contributed by atoms with Crippen molar-refractivity contribution in [2.45, 2.75) is 37.5 Å². The predicted molar refractivity (Wildman–Crippen MR) is 80.5 cm³/mol. The van der Waals surface area contributed by atoms with Crippen molar-refractivity contribution in [2.75, 3.05) is 26.3 Å². The number of nitrogens with one attached hydrogen (secondary N) is 1. The second-order valence-electron chi connectivity index (χ2n) is 6.06. The van der Waals surface area contributed by atoms with Crippen LogP contribution in [0.25, 0.3) is 0 Å². The van der Waals surface area contributed by atoms with Crippen LogP contribution in [0.3, 0.4) is 0 Å². The second kappa shape index (κ2) is 6.76. The maximum Gasteiger partial charge on any atom is 0.269 e. The second-order valence-corrected chi connectivity index (χ2v) is 6.06. The highest BCUT2D eigenvalue weighted by molar-refractivity contribution is 5.92. The smallest absolute Gasteiger partial charge is 0.269 e. The molecule has 1 saturated carbocycles. The first-order valence-electron chi connectivity index (χ1n) is 7.95. The highest BCUT2D eigenvalue weighted by Gasteiger charge is 2.36. The summed E-state index contributed by atoms with van der Waals surface area (Å²) >= 11 is 0. The van der Waals surface area contributed by atoms with E-state index >= 15 is 0 Å². The molecule has 122 valence electrons. The zero-order chi connectivity index (χ0) is 15.5. The highest BCUT2D eigenvalue weighted by atomic mass is 16.5. The van der Waals surface area contributed by atoms with Gasteiger partial charge in [-0.15, -0.1) is 0 Å². The number of carbonyl (C=O) groups excluding carboxylic acids is 1. The number of amides is 1. The van der Waals surface area contributed by atoms with Gasteiger partial charge in [-0.2, -0.15) is 5.10 Å². The maximum absolute atomic E-state index is 12.3. The zero-order valence-electron chi connectivity index (χ0n) is 12.9. The van der Waals surface area contributed by atoms with Gasteiger partial charge in [0, 0.05) is 32.4 Å². The van der Waals surface area contributed by atoms with Gasteiger partial charge < -0.3 is 15.2 Å². The van der Waals surface area contributed by atoms with Crippen LogP contribution in [0.5, 0.6) is 0 Å². The van der Waals surface area contributed by atoms with Gasteiger partial charge in [0.2, 0.25) is 0 Å². The van der Waals surface area contributed by atoms with Crippen LogP contribution in [0.1, 0.15) is 29.8 Å². The third kappa shape index (κ3) is 3.16. The highest BCUT2D eigenvalue weighted by Crippen LogP contribution is 2.24. The molecule has 0 unspecified atom stereocenters. The van der Waals surface area contributed by atoms with E-state index in [1.807, 2.05) is 0 Å². The fraction of sp³-hybridized carbons (Fsp3) is 0.733. The number of nitrogens with zero attached hydrogens (tertiary/aromatic N) is 3. The van der Waals surface area contributed by atoms with Crippen molar-refractivity contribution in [3.63, 3.8) is 0 Å². The molecule has 3 rings (SSSR count). The van der Waals surface area contributed by atoms with Crippen molar-refractivity contribution >= 4 is 5.91 Å². The number of rotatable bonds is 3. The molecule has 0 radical (unpaired) electrons. The Morgan fingerprint density at radius 3 is 2.86 bits per heavy atom. The number of aliphatic hydroxyl groups excluding tert-OH is 1. The predicted octanol–water partition coefficient (Wildman–Crippen LogP) is -0.236. The van der Waals surface area contributed by atoms with Gasteiger partial charge in [0.05, 0.1) is 25.4 Å². The summed E-state index contributed by atoms with van der Waals surface area (Å²) < 4.78 is 6.92. The van der Waals surface area contributed by atoms with Crippen molar-refractivity contribution < 1.29 is 14.6 Å². The summed E-state index contributed by atoms with van der Waals surface area (Å²) in [5.74, 6) is -0.174. The Balaban J connectivity index is 1.63. The van der Waals surface area contributed by atoms with Crippen LogP contribution in [0.15, 0.2) is 12.3 Å². The molecule has 1 aliphatic carbocycles. The average Bonchev–Trinajstić information content (AvgIpc) is 2.96.